The molecule has 0 saturated heterocycles. The van der Waals surface area contributed by atoms with Crippen molar-refractivity contribution < 1.29 is 4.21 Å². The summed E-state index contributed by atoms with van der Waals surface area (Å²) >= 11 is 0. The first-order valence-electron chi connectivity index (χ1n) is 7.33. The second kappa shape index (κ2) is 6.33. The van der Waals surface area contributed by atoms with Crippen LogP contribution < -0.4 is 5.32 Å². The maximum Gasteiger partial charge on any atom is 0.0366 e. The predicted molar refractivity (Wildman–Crippen MR) is 74.7 cm³/mol. The molecular weight excluding hydrogens is 230 g/mol. The fraction of sp³-hybridized carbons (Fsp3) is 1.00. The molecule has 0 bridgehead atoms. The normalized spacial score (nSPS) is 40.4. The van der Waals surface area contributed by atoms with Gasteiger partial charge in [-0.15, -0.1) is 0 Å². The van der Waals surface area contributed by atoms with E-state index in [0.717, 1.165) is 18.9 Å². The molecule has 0 aromatic heterocycles. The molecule has 2 aliphatic rings. The fourth-order valence-electron chi connectivity index (χ4n) is 3.49. The van der Waals surface area contributed by atoms with Crippen molar-refractivity contribution in [1.29, 1.82) is 0 Å². The quantitative estimate of drug-likeness (QED) is 0.839. The summed E-state index contributed by atoms with van der Waals surface area (Å²) in [4.78, 5) is 0. The molecule has 5 unspecified atom stereocenters. The highest BCUT2D eigenvalue weighted by atomic mass is 32.2. The van der Waals surface area contributed by atoms with Crippen LogP contribution in [0.5, 0.6) is 0 Å². The van der Waals surface area contributed by atoms with E-state index in [-0.39, 0.29) is 0 Å². The van der Waals surface area contributed by atoms with Gasteiger partial charge in [0.1, 0.15) is 0 Å². The van der Waals surface area contributed by atoms with E-state index in [1.165, 1.54) is 38.5 Å². The van der Waals surface area contributed by atoms with Gasteiger partial charge in [-0.05, 0) is 44.6 Å². The number of nitrogens with one attached hydrogen (secondary N) is 1. The van der Waals surface area contributed by atoms with Crippen LogP contribution in [0.1, 0.15) is 58.8 Å². The lowest BCUT2D eigenvalue weighted by Gasteiger charge is -2.28. The highest BCUT2D eigenvalue weighted by molar-refractivity contribution is 7.86. The first-order chi connectivity index (χ1) is 8.20. The van der Waals surface area contributed by atoms with Crippen LogP contribution in [0.4, 0.5) is 0 Å². The summed E-state index contributed by atoms with van der Waals surface area (Å²) in [6.45, 7) is 5.52. The van der Waals surface area contributed by atoms with Crippen molar-refractivity contribution in [3.05, 3.63) is 0 Å². The van der Waals surface area contributed by atoms with Gasteiger partial charge in [0.15, 0.2) is 0 Å². The van der Waals surface area contributed by atoms with Crippen LogP contribution >= 0.6 is 0 Å². The summed E-state index contributed by atoms with van der Waals surface area (Å²) in [5, 5.41) is 4.49. The van der Waals surface area contributed by atoms with Crippen molar-refractivity contribution in [3.8, 4) is 0 Å². The van der Waals surface area contributed by atoms with Crippen LogP contribution in [0.15, 0.2) is 0 Å². The Morgan fingerprint density at radius 2 is 1.88 bits per heavy atom. The molecule has 2 aliphatic carbocycles. The third-order valence-electron chi connectivity index (χ3n) is 4.42. The molecule has 100 valence electrons. The summed E-state index contributed by atoms with van der Waals surface area (Å²) in [5.74, 6) is 0.795. The van der Waals surface area contributed by atoms with E-state index in [1.807, 2.05) is 0 Å². The average molecular weight is 257 g/mol. The zero-order valence-corrected chi connectivity index (χ0v) is 12.1. The molecule has 2 rings (SSSR count). The Balaban J connectivity index is 1.83. The molecule has 3 heteroatoms. The zero-order chi connectivity index (χ0) is 12.3. The van der Waals surface area contributed by atoms with Gasteiger partial charge in [0.2, 0.25) is 0 Å². The third kappa shape index (κ3) is 3.54. The molecule has 5 atom stereocenters. The minimum atomic E-state index is -0.567. The molecule has 17 heavy (non-hydrogen) atoms. The van der Waals surface area contributed by atoms with Gasteiger partial charge in [0.05, 0.1) is 0 Å². The number of hydrogen-bond donors (Lipinski definition) is 1. The molecule has 0 aromatic rings. The van der Waals surface area contributed by atoms with Gasteiger partial charge in [-0.2, -0.15) is 0 Å². The Morgan fingerprint density at radius 3 is 2.59 bits per heavy atom. The second-order valence-electron chi connectivity index (χ2n) is 5.91. The van der Waals surface area contributed by atoms with Crippen LogP contribution in [-0.4, -0.2) is 27.3 Å². The number of hydrogen-bond acceptors (Lipinski definition) is 2. The van der Waals surface area contributed by atoms with E-state index < -0.39 is 10.8 Å². The Bertz CT molecular complexity index is 269. The minimum Gasteiger partial charge on any atom is -0.314 e. The van der Waals surface area contributed by atoms with Crippen molar-refractivity contribution in [2.45, 2.75) is 75.3 Å². The van der Waals surface area contributed by atoms with Crippen LogP contribution in [0.25, 0.3) is 0 Å². The average Bonchev–Trinajstić information content (AvgIpc) is 2.77. The molecule has 2 nitrogen and oxygen atoms in total. The van der Waals surface area contributed by atoms with Gasteiger partial charge in [-0.1, -0.05) is 26.7 Å². The SMILES string of the molecule is CCNC1CCC(S(=O)C2CCCC(C)C2)C1. The summed E-state index contributed by atoms with van der Waals surface area (Å²) in [5.41, 5.74) is 0. The summed E-state index contributed by atoms with van der Waals surface area (Å²) in [7, 11) is -0.567. The highest BCUT2D eigenvalue weighted by Crippen LogP contribution is 2.32. The maximum atomic E-state index is 12.6. The molecule has 2 fully saturated rings. The van der Waals surface area contributed by atoms with E-state index in [2.05, 4.69) is 19.2 Å². The standard InChI is InChI=1S/C14H27NOS/c1-3-15-12-7-8-14(10-12)17(16)13-6-4-5-11(2)9-13/h11-15H,3-10H2,1-2H3. The van der Waals surface area contributed by atoms with Gasteiger partial charge in [0.25, 0.3) is 0 Å². The van der Waals surface area contributed by atoms with E-state index in [9.17, 15) is 4.21 Å². The maximum absolute atomic E-state index is 12.6. The highest BCUT2D eigenvalue weighted by Gasteiger charge is 2.33. The molecule has 0 radical (unpaired) electrons. The first kappa shape index (κ1) is 13.5. The smallest absolute Gasteiger partial charge is 0.0366 e. The fourth-order valence-corrected chi connectivity index (χ4v) is 5.74. The Hall–Kier alpha value is 0.110. The lowest BCUT2D eigenvalue weighted by molar-refractivity contribution is 0.388. The Kier molecular flexibility index (Phi) is 5.04. The molecule has 2 saturated carbocycles. The zero-order valence-electron chi connectivity index (χ0n) is 11.3. The van der Waals surface area contributed by atoms with Gasteiger partial charge < -0.3 is 5.32 Å². The lowest BCUT2D eigenvalue weighted by atomic mass is 9.91. The van der Waals surface area contributed by atoms with Gasteiger partial charge >= 0.3 is 0 Å². The van der Waals surface area contributed by atoms with Crippen LogP contribution in [0.3, 0.4) is 0 Å². The summed E-state index contributed by atoms with van der Waals surface area (Å²) in [6.07, 6.45) is 8.60. The topological polar surface area (TPSA) is 29.1 Å². The van der Waals surface area contributed by atoms with Crippen LogP contribution in [-0.2, 0) is 10.8 Å². The molecule has 0 amide bonds. The van der Waals surface area contributed by atoms with E-state index >= 15 is 0 Å². The summed E-state index contributed by atoms with van der Waals surface area (Å²) in [6, 6.07) is 0.634. The Labute approximate surface area is 108 Å². The molecule has 0 aliphatic heterocycles. The van der Waals surface area contributed by atoms with Crippen LogP contribution in [0.2, 0.25) is 0 Å². The van der Waals surface area contributed by atoms with Crippen molar-refractivity contribution in [2.75, 3.05) is 6.54 Å². The van der Waals surface area contributed by atoms with Gasteiger partial charge in [0, 0.05) is 27.3 Å². The van der Waals surface area contributed by atoms with Gasteiger partial charge in [-0.25, -0.2) is 0 Å². The van der Waals surface area contributed by atoms with E-state index in [1.54, 1.807) is 0 Å². The summed E-state index contributed by atoms with van der Waals surface area (Å²) < 4.78 is 12.6. The second-order valence-corrected chi connectivity index (χ2v) is 7.90. The molecule has 0 aromatic carbocycles. The Morgan fingerprint density at radius 1 is 1.12 bits per heavy atom. The molecule has 0 spiro atoms. The number of rotatable bonds is 4. The van der Waals surface area contributed by atoms with Crippen molar-refractivity contribution in [2.24, 2.45) is 5.92 Å². The van der Waals surface area contributed by atoms with E-state index in [0.29, 0.717) is 16.5 Å². The van der Waals surface area contributed by atoms with Crippen molar-refractivity contribution in [3.63, 3.8) is 0 Å². The molecule has 0 heterocycles. The lowest BCUT2D eigenvalue weighted by Crippen LogP contribution is -2.31. The van der Waals surface area contributed by atoms with E-state index in [4.69, 9.17) is 0 Å². The van der Waals surface area contributed by atoms with Crippen molar-refractivity contribution >= 4 is 10.8 Å². The molecular formula is C14H27NOS. The minimum absolute atomic E-state index is 0.481. The third-order valence-corrected chi connectivity index (χ3v) is 6.59. The first-order valence-corrected chi connectivity index (χ1v) is 8.61. The largest absolute Gasteiger partial charge is 0.314 e. The van der Waals surface area contributed by atoms with Crippen LogP contribution in [0, 0.1) is 5.92 Å². The monoisotopic (exact) mass is 257 g/mol. The predicted octanol–water partition coefficient (Wildman–Crippen LogP) is 2.84. The molecule has 1 N–H and O–H groups in total. The van der Waals surface area contributed by atoms with Crippen molar-refractivity contribution in [1.82, 2.24) is 5.32 Å². The van der Waals surface area contributed by atoms with Gasteiger partial charge in [-0.3, -0.25) is 4.21 Å².